The normalized spacial score (nSPS) is 16.7. The van der Waals surface area contributed by atoms with Gasteiger partial charge >= 0.3 is 0 Å². The van der Waals surface area contributed by atoms with E-state index in [1.807, 2.05) is 47.6 Å². The largest absolute Gasteiger partial charge is 0.324 e. The van der Waals surface area contributed by atoms with Crippen molar-refractivity contribution in [1.82, 2.24) is 9.21 Å². The van der Waals surface area contributed by atoms with Crippen molar-refractivity contribution in [2.45, 2.75) is 36.0 Å². The number of nitrogens with zero attached hydrogens (tertiary/aromatic N) is 2. The molecule has 1 amide bonds. The second-order valence-corrected chi connectivity index (χ2v) is 10.6. The van der Waals surface area contributed by atoms with Crippen LogP contribution >= 0.6 is 11.8 Å². The molecule has 0 saturated carbocycles. The summed E-state index contributed by atoms with van der Waals surface area (Å²) in [6.07, 6.45) is 2.99. The molecule has 0 unspecified atom stereocenters. The zero-order valence-corrected chi connectivity index (χ0v) is 20.0. The number of thioether (sulfide) groups is 1. The lowest BCUT2D eigenvalue weighted by molar-refractivity contribution is -0.117. The molecule has 1 aliphatic heterocycles. The summed E-state index contributed by atoms with van der Waals surface area (Å²) < 4.78 is 27.5. The quantitative estimate of drug-likeness (QED) is 0.605. The number of benzene rings is 2. The molecule has 1 saturated heterocycles. The molecule has 2 aromatic carbocycles. The van der Waals surface area contributed by atoms with Crippen molar-refractivity contribution in [1.29, 1.82) is 0 Å². The van der Waals surface area contributed by atoms with E-state index in [0.717, 1.165) is 22.6 Å². The second-order valence-electron chi connectivity index (χ2n) is 7.81. The molecule has 31 heavy (non-hydrogen) atoms. The van der Waals surface area contributed by atoms with E-state index in [2.05, 4.69) is 19.2 Å². The highest BCUT2D eigenvalue weighted by atomic mass is 32.2. The number of anilines is 1. The van der Waals surface area contributed by atoms with Crippen LogP contribution in [0, 0.1) is 0 Å². The molecule has 1 aliphatic rings. The Morgan fingerprint density at radius 1 is 1.06 bits per heavy atom. The Kier molecular flexibility index (Phi) is 8.16. The molecule has 0 radical (unpaired) electrons. The predicted octanol–water partition coefficient (Wildman–Crippen LogP) is 3.87. The van der Waals surface area contributed by atoms with Gasteiger partial charge in [0, 0.05) is 31.1 Å². The first-order valence-electron chi connectivity index (χ1n) is 10.6. The Hall–Kier alpha value is -1.87. The molecule has 1 atom stereocenters. The fraction of sp³-hybridized carbons (Fsp3) is 0.435. The lowest BCUT2D eigenvalue weighted by atomic mass is 9.99. The molecular formula is C23H31N3O3S2. The number of piperazine rings is 1. The minimum Gasteiger partial charge on any atom is -0.324 e. The molecule has 6 nitrogen and oxygen atoms in total. The molecule has 1 heterocycles. The third kappa shape index (κ3) is 5.88. The maximum atomic E-state index is 13.0. The molecule has 1 fully saturated rings. The van der Waals surface area contributed by atoms with Crippen molar-refractivity contribution in [3.8, 4) is 0 Å². The van der Waals surface area contributed by atoms with Crippen molar-refractivity contribution in [2.24, 2.45) is 0 Å². The lowest BCUT2D eigenvalue weighted by Gasteiger charge is -2.33. The van der Waals surface area contributed by atoms with Crippen LogP contribution in [0.3, 0.4) is 0 Å². The SMILES string of the molecule is CC[C@@H](C)c1ccc(S(=O)(=O)N2CCN(CC(=O)Nc3ccccc3SC)CC2)cc1. The molecule has 0 bridgehead atoms. The van der Waals surface area contributed by atoms with Gasteiger partial charge in [0.1, 0.15) is 0 Å². The van der Waals surface area contributed by atoms with Crippen LogP contribution in [0.25, 0.3) is 0 Å². The van der Waals surface area contributed by atoms with Gasteiger partial charge in [-0.15, -0.1) is 11.8 Å². The van der Waals surface area contributed by atoms with Gasteiger partial charge in [0.15, 0.2) is 0 Å². The number of sulfonamides is 1. The Labute approximate surface area is 190 Å². The zero-order chi connectivity index (χ0) is 22.4. The van der Waals surface area contributed by atoms with Crippen LogP contribution in [-0.4, -0.2) is 62.5 Å². The number of hydrogen-bond donors (Lipinski definition) is 1. The number of carbonyl (C=O) groups excluding carboxylic acids is 1. The molecule has 0 spiro atoms. The first kappa shape index (κ1) is 23.8. The van der Waals surface area contributed by atoms with Crippen molar-refractivity contribution in [2.75, 3.05) is 44.3 Å². The standard InChI is InChI=1S/C23H31N3O3S2/c1-4-18(2)19-9-11-20(12-10-19)31(28,29)26-15-13-25(14-16-26)17-23(27)24-21-7-5-6-8-22(21)30-3/h5-12,18H,4,13-17H2,1-3H3,(H,24,27)/t18-/m1/s1. The smallest absolute Gasteiger partial charge is 0.243 e. The molecular weight excluding hydrogens is 430 g/mol. The number of para-hydroxylation sites is 1. The summed E-state index contributed by atoms with van der Waals surface area (Å²) in [5.74, 6) is 0.327. The van der Waals surface area contributed by atoms with Crippen LogP contribution in [0.5, 0.6) is 0 Å². The Morgan fingerprint density at radius 2 is 1.71 bits per heavy atom. The van der Waals surface area contributed by atoms with Crippen LogP contribution in [0.15, 0.2) is 58.3 Å². The fourth-order valence-electron chi connectivity index (χ4n) is 3.62. The van der Waals surface area contributed by atoms with Crippen molar-refractivity contribution < 1.29 is 13.2 Å². The van der Waals surface area contributed by atoms with Gasteiger partial charge in [-0.3, -0.25) is 9.69 Å². The van der Waals surface area contributed by atoms with Crippen molar-refractivity contribution in [3.05, 3.63) is 54.1 Å². The molecule has 8 heteroatoms. The third-order valence-corrected chi connectivity index (χ3v) is 8.49. The van der Waals surface area contributed by atoms with Crippen LogP contribution < -0.4 is 5.32 Å². The molecule has 168 valence electrons. The number of carbonyl (C=O) groups is 1. The van der Waals surface area contributed by atoms with Crippen LogP contribution in [0.4, 0.5) is 5.69 Å². The van der Waals surface area contributed by atoms with Gasteiger partial charge in [-0.2, -0.15) is 4.31 Å². The molecule has 2 aromatic rings. The van der Waals surface area contributed by atoms with E-state index in [0.29, 0.717) is 37.0 Å². The molecule has 1 N–H and O–H groups in total. The van der Waals surface area contributed by atoms with Crippen molar-refractivity contribution >= 4 is 33.4 Å². The Balaban J connectivity index is 1.55. The monoisotopic (exact) mass is 461 g/mol. The van der Waals surface area contributed by atoms with Gasteiger partial charge < -0.3 is 5.32 Å². The van der Waals surface area contributed by atoms with Crippen LogP contribution in [0.1, 0.15) is 31.7 Å². The predicted molar refractivity (Wildman–Crippen MR) is 127 cm³/mol. The summed E-state index contributed by atoms with van der Waals surface area (Å²) in [5, 5.41) is 2.96. The maximum Gasteiger partial charge on any atom is 0.243 e. The van der Waals surface area contributed by atoms with Crippen LogP contribution in [-0.2, 0) is 14.8 Å². The highest BCUT2D eigenvalue weighted by molar-refractivity contribution is 7.98. The summed E-state index contributed by atoms with van der Waals surface area (Å²) in [7, 11) is -3.52. The molecule has 3 rings (SSSR count). The number of nitrogens with one attached hydrogen (secondary N) is 1. The van der Waals surface area contributed by atoms with Gasteiger partial charge in [0.25, 0.3) is 0 Å². The maximum absolute atomic E-state index is 13.0. The van der Waals surface area contributed by atoms with E-state index >= 15 is 0 Å². The fourth-order valence-corrected chi connectivity index (χ4v) is 5.60. The average molecular weight is 462 g/mol. The summed E-state index contributed by atoms with van der Waals surface area (Å²) >= 11 is 1.59. The van der Waals surface area contributed by atoms with Crippen molar-refractivity contribution in [3.63, 3.8) is 0 Å². The van der Waals surface area contributed by atoms with E-state index in [4.69, 9.17) is 0 Å². The number of hydrogen-bond acceptors (Lipinski definition) is 5. The van der Waals surface area contributed by atoms with E-state index in [9.17, 15) is 13.2 Å². The minimum absolute atomic E-state index is 0.0848. The molecule has 0 aliphatic carbocycles. The lowest BCUT2D eigenvalue weighted by Crippen LogP contribution is -2.50. The number of rotatable bonds is 8. The summed E-state index contributed by atoms with van der Waals surface area (Å²) in [6.45, 7) is 6.33. The van der Waals surface area contributed by atoms with Gasteiger partial charge in [-0.05, 0) is 48.4 Å². The van der Waals surface area contributed by atoms with Gasteiger partial charge in [-0.25, -0.2) is 8.42 Å². The summed E-state index contributed by atoms with van der Waals surface area (Å²) in [4.78, 5) is 15.8. The van der Waals surface area contributed by atoms with E-state index in [1.165, 1.54) is 4.31 Å². The highest BCUT2D eigenvalue weighted by Gasteiger charge is 2.29. The van der Waals surface area contributed by atoms with Gasteiger partial charge in [0.2, 0.25) is 15.9 Å². The third-order valence-electron chi connectivity index (χ3n) is 5.78. The van der Waals surface area contributed by atoms with E-state index in [-0.39, 0.29) is 12.5 Å². The highest BCUT2D eigenvalue weighted by Crippen LogP contribution is 2.25. The second kappa shape index (κ2) is 10.6. The van der Waals surface area contributed by atoms with E-state index < -0.39 is 10.0 Å². The van der Waals surface area contributed by atoms with Gasteiger partial charge in [-0.1, -0.05) is 38.1 Å². The molecule has 0 aromatic heterocycles. The van der Waals surface area contributed by atoms with E-state index in [1.54, 1.807) is 23.9 Å². The number of amides is 1. The van der Waals surface area contributed by atoms with Crippen LogP contribution in [0.2, 0.25) is 0 Å². The summed E-state index contributed by atoms with van der Waals surface area (Å²) in [5.41, 5.74) is 1.96. The summed E-state index contributed by atoms with van der Waals surface area (Å²) in [6, 6.07) is 14.9. The van der Waals surface area contributed by atoms with Gasteiger partial charge in [0.05, 0.1) is 17.1 Å². The first-order chi connectivity index (χ1) is 14.8. The zero-order valence-electron chi connectivity index (χ0n) is 18.4. The minimum atomic E-state index is -3.52. The Bertz CT molecular complexity index is 985. The first-order valence-corrected chi connectivity index (χ1v) is 13.3. The Morgan fingerprint density at radius 3 is 2.32 bits per heavy atom. The topological polar surface area (TPSA) is 69.7 Å². The average Bonchev–Trinajstić information content (AvgIpc) is 2.79.